The van der Waals surface area contributed by atoms with Crippen molar-refractivity contribution in [2.24, 2.45) is 0 Å². The lowest BCUT2D eigenvalue weighted by atomic mass is 9.75. The summed E-state index contributed by atoms with van der Waals surface area (Å²) in [6.45, 7) is 8.38. The molecule has 176 valence electrons. The zero-order chi connectivity index (χ0) is 24.7. The molecule has 0 radical (unpaired) electrons. The summed E-state index contributed by atoms with van der Waals surface area (Å²) < 4.78 is 19.2. The van der Waals surface area contributed by atoms with Crippen molar-refractivity contribution in [3.05, 3.63) is 91.0 Å². The number of hydrogen-bond donors (Lipinski definition) is 0. The number of hydrogen-bond acceptors (Lipinski definition) is 3. The normalized spacial score (nSPS) is 17.1. The number of rotatable bonds is 2. The van der Waals surface area contributed by atoms with Crippen LogP contribution in [0.1, 0.15) is 27.7 Å². The van der Waals surface area contributed by atoms with Gasteiger partial charge in [0, 0.05) is 10.8 Å². The SMILES string of the molecule is CC1(C)OB(c2ccc(-c3cccc4oc5cc6ccccc6cc5c34)c3ccccc23)OC1(C)C. The highest BCUT2D eigenvalue weighted by Gasteiger charge is 2.52. The average molecular weight is 470 g/mol. The Morgan fingerprint density at radius 3 is 1.97 bits per heavy atom. The van der Waals surface area contributed by atoms with Gasteiger partial charge in [-0.15, -0.1) is 0 Å². The third-order valence-corrected chi connectivity index (χ3v) is 8.12. The molecule has 1 aromatic heterocycles. The molecule has 1 saturated heterocycles. The molecule has 1 fully saturated rings. The van der Waals surface area contributed by atoms with Crippen LogP contribution in [-0.4, -0.2) is 18.3 Å². The summed E-state index contributed by atoms with van der Waals surface area (Å²) >= 11 is 0. The Morgan fingerprint density at radius 2 is 1.22 bits per heavy atom. The first-order valence-electron chi connectivity index (χ1n) is 12.5. The summed E-state index contributed by atoms with van der Waals surface area (Å²) in [7, 11) is -0.411. The highest BCUT2D eigenvalue weighted by Crippen LogP contribution is 2.41. The van der Waals surface area contributed by atoms with Crippen LogP contribution in [0.5, 0.6) is 0 Å². The van der Waals surface area contributed by atoms with E-state index >= 15 is 0 Å². The molecule has 3 nitrogen and oxygen atoms in total. The maximum atomic E-state index is 6.42. The Hall–Kier alpha value is -3.60. The van der Waals surface area contributed by atoms with E-state index in [1.165, 1.54) is 21.7 Å². The van der Waals surface area contributed by atoms with E-state index in [1.54, 1.807) is 0 Å². The molecular formula is C32H27BO3. The van der Waals surface area contributed by atoms with Crippen LogP contribution in [0, 0.1) is 0 Å². The molecule has 5 aromatic carbocycles. The fraction of sp³-hybridized carbons (Fsp3) is 0.188. The first-order chi connectivity index (χ1) is 17.3. The zero-order valence-electron chi connectivity index (χ0n) is 21.0. The molecule has 6 aromatic rings. The van der Waals surface area contributed by atoms with E-state index in [0.29, 0.717) is 0 Å². The third kappa shape index (κ3) is 3.08. The molecule has 0 aliphatic carbocycles. The van der Waals surface area contributed by atoms with Gasteiger partial charge in [-0.3, -0.25) is 0 Å². The first-order valence-corrected chi connectivity index (χ1v) is 12.5. The van der Waals surface area contributed by atoms with E-state index in [2.05, 4.69) is 119 Å². The molecule has 36 heavy (non-hydrogen) atoms. The number of furan rings is 1. The van der Waals surface area contributed by atoms with Crippen molar-refractivity contribution in [1.29, 1.82) is 0 Å². The molecule has 0 spiro atoms. The molecule has 7 rings (SSSR count). The monoisotopic (exact) mass is 470 g/mol. The Kier molecular flexibility index (Phi) is 4.49. The van der Waals surface area contributed by atoms with Gasteiger partial charge in [0.05, 0.1) is 11.2 Å². The average Bonchev–Trinajstić information content (AvgIpc) is 3.33. The quantitative estimate of drug-likeness (QED) is 0.242. The molecule has 1 aliphatic heterocycles. The van der Waals surface area contributed by atoms with E-state index in [4.69, 9.17) is 13.7 Å². The fourth-order valence-electron chi connectivity index (χ4n) is 5.47. The van der Waals surface area contributed by atoms with Crippen LogP contribution in [0.15, 0.2) is 95.4 Å². The lowest BCUT2D eigenvalue weighted by Gasteiger charge is -2.32. The Bertz CT molecular complexity index is 1800. The highest BCUT2D eigenvalue weighted by atomic mass is 16.7. The Morgan fingerprint density at radius 1 is 0.556 bits per heavy atom. The zero-order valence-corrected chi connectivity index (χ0v) is 21.0. The minimum Gasteiger partial charge on any atom is -0.456 e. The summed E-state index contributed by atoms with van der Waals surface area (Å²) in [5.41, 5.74) is 4.43. The van der Waals surface area contributed by atoms with Crippen LogP contribution in [0.4, 0.5) is 0 Å². The summed E-state index contributed by atoms with van der Waals surface area (Å²) in [4.78, 5) is 0. The molecule has 0 saturated carbocycles. The minimum atomic E-state index is -0.411. The molecule has 0 atom stereocenters. The molecule has 4 heteroatoms. The maximum absolute atomic E-state index is 6.42. The van der Waals surface area contributed by atoms with Gasteiger partial charge in [-0.05, 0) is 84.0 Å². The van der Waals surface area contributed by atoms with Gasteiger partial charge >= 0.3 is 7.12 Å². The van der Waals surface area contributed by atoms with Gasteiger partial charge in [0.25, 0.3) is 0 Å². The smallest absolute Gasteiger partial charge is 0.456 e. The van der Waals surface area contributed by atoms with E-state index in [0.717, 1.165) is 38.4 Å². The molecule has 2 heterocycles. The fourth-order valence-corrected chi connectivity index (χ4v) is 5.47. The minimum absolute atomic E-state index is 0.387. The van der Waals surface area contributed by atoms with E-state index in [-0.39, 0.29) is 11.2 Å². The molecule has 0 unspecified atom stereocenters. The molecular weight excluding hydrogens is 443 g/mol. The van der Waals surface area contributed by atoms with Crippen LogP contribution in [0.3, 0.4) is 0 Å². The van der Waals surface area contributed by atoms with Crippen LogP contribution in [0.25, 0.3) is 54.6 Å². The Balaban J connectivity index is 1.47. The van der Waals surface area contributed by atoms with Gasteiger partial charge in [-0.1, -0.05) is 72.8 Å². The Labute approximate surface area is 210 Å². The molecule has 0 amide bonds. The molecule has 0 N–H and O–H groups in total. The van der Waals surface area contributed by atoms with Gasteiger partial charge in [-0.2, -0.15) is 0 Å². The first kappa shape index (κ1) is 21.7. The van der Waals surface area contributed by atoms with Gasteiger partial charge < -0.3 is 13.7 Å². The second-order valence-corrected chi connectivity index (χ2v) is 10.8. The van der Waals surface area contributed by atoms with Gasteiger partial charge in [-0.25, -0.2) is 0 Å². The lowest BCUT2D eigenvalue weighted by molar-refractivity contribution is 0.00578. The van der Waals surface area contributed by atoms with Crippen molar-refractivity contribution in [3.8, 4) is 11.1 Å². The van der Waals surface area contributed by atoms with E-state index < -0.39 is 7.12 Å². The molecule has 1 aliphatic rings. The predicted octanol–water partition coefficient (Wildman–Crippen LogP) is 7.86. The summed E-state index contributed by atoms with van der Waals surface area (Å²) in [5, 5.41) is 6.99. The number of fused-ring (bicyclic) bond motifs is 5. The van der Waals surface area contributed by atoms with Crippen LogP contribution < -0.4 is 5.46 Å². The van der Waals surface area contributed by atoms with Crippen molar-refractivity contribution >= 4 is 56.1 Å². The predicted molar refractivity (Wildman–Crippen MR) is 150 cm³/mol. The van der Waals surface area contributed by atoms with E-state index in [9.17, 15) is 0 Å². The van der Waals surface area contributed by atoms with Crippen LogP contribution >= 0.6 is 0 Å². The van der Waals surface area contributed by atoms with Gasteiger partial charge in [0.15, 0.2) is 0 Å². The van der Waals surface area contributed by atoms with Crippen molar-refractivity contribution in [2.45, 2.75) is 38.9 Å². The van der Waals surface area contributed by atoms with Crippen LogP contribution in [-0.2, 0) is 9.31 Å². The van der Waals surface area contributed by atoms with Crippen LogP contribution in [0.2, 0.25) is 0 Å². The number of benzene rings is 5. The van der Waals surface area contributed by atoms with E-state index in [1.807, 2.05) is 0 Å². The molecule has 0 bridgehead atoms. The standard InChI is InChI=1S/C32H27BO3/c1-31(2)32(3,4)36-33(35-31)27-17-16-23(22-12-7-8-13-24(22)27)25-14-9-15-28-30(25)26-18-20-10-5-6-11-21(20)19-29(26)34-28/h5-19H,1-4H3. The van der Waals surface area contributed by atoms with Crippen molar-refractivity contribution in [2.75, 3.05) is 0 Å². The maximum Gasteiger partial charge on any atom is 0.495 e. The van der Waals surface area contributed by atoms with Crippen molar-refractivity contribution in [1.82, 2.24) is 0 Å². The largest absolute Gasteiger partial charge is 0.495 e. The second kappa shape index (κ2) is 7.46. The van der Waals surface area contributed by atoms with Crippen molar-refractivity contribution in [3.63, 3.8) is 0 Å². The summed E-state index contributed by atoms with van der Waals surface area (Å²) in [6.07, 6.45) is 0. The summed E-state index contributed by atoms with van der Waals surface area (Å²) in [5.74, 6) is 0. The summed E-state index contributed by atoms with van der Waals surface area (Å²) in [6, 6.07) is 32.1. The van der Waals surface area contributed by atoms with Gasteiger partial charge in [0.2, 0.25) is 0 Å². The highest BCUT2D eigenvalue weighted by molar-refractivity contribution is 6.65. The van der Waals surface area contributed by atoms with Crippen molar-refractivity contribution < 1.29 is 13.7 Å². The third-order valence-electron chi connectivity index (χ3n) is 8.12. The topological polar surface area (TPSA) is 31.6 Å². The van der Waals surface area contributed by atoms with Gasteiger partial charge in [0.1, 0.15) is 11.2 Å². The lowest BCUT2D eigenvalue weighted by Crippen LogP contribution is -2.41. The second-order valence-electron chi connectivity index (χ2n) is 10.8.